The maximum absolute atomic E-state index is 6.90. The summed E-state index contributed by atoms with van der Waals surface area (Å²) in [5.41, 5.74) is 34.4. The molecule has 3 spiro atoms. The van der Waals surface area contributed by atoms with E-state index < -0.39 is 16.2 Å². The fraction of sp³-hybridized carbons (Fsp3) is 0.0244. The Hall–Kier alpha value is -17.6. The second-order valence-corrected chi connectivity index (χ2v) is 34.4. The molecule has 0 N–H and O–H groups in total. The number of hydrogen-bond acceptors (Lipinski definition) is 10. The van der Waals surface area contributed by atoms with Gasteiger partial charge in [-0.25, -0.2) is 19.9 Å². The zero-order valence-corrected chi connectivity index (χ0v) is 71.7. The number of benzene rings is 19. The molecule has 6 heterocycles. The highest BCUT2D eigenvalue weighted by Gasteiger charge is 2.55. The van der Waals surface area contributed by atoms with Gasteiger partial charge >= 0.3 is 0 Å². The Kier molecular flexibility index (Phi) is 17.8. The van der Waals surface area contributed by atoms with Crippen molar-refractivity contribution in [3.05, 3.63) is 528 Å². The normalized spacial score (nSPS) is 13.5. The molecule has 0 amide bonds. The van der Waals surface area contributed by atoms with Crippen LogP contribution in [0.3, 0.4) is 0 Å². The minimum absolute atomic E-state index is 0.435. The summed E-state index contributed by atoms with van der Waals surface area (Å²) in [6.45, 7) is 0. The Morgan fingerprint density at radius 3 is 0.805 bits per heavy atom. The summed E-state index contributed by atoms with van der Waals surface area (Å²) in [6.07, 6.45) is 0. The number of aromatic nitrogens is 6. The topological polar surface area (TPSA) is 118 Å². The lowest BCUT2D eigenvalue weighted by atomic mass is 9.65. The third-order valence-corrected chi connectivity index (χ3v) is 27.5. The van der Waals surface area contributed by atoms with Crippen molar-refractivity contribution in [2.45, 2.75) is 16.2 Å². The van der Waals surface area contributed by atoms with Crippen LogP contribution in [0, 0.1) is 0 Å². The Balaban J connectivity index is 0.000000105. The first-order valence-electron chi connectivity index (χ1n) is 45.0. The summed E-state index contributed by atoms with van der Waals surface area (Å²) < 4.78 is 26.6. The fourth-order valence-electron chi connectivity index (χ4n) is 21.9. The van der Waals surface area contributed by atoms with E-state index >= 15 is 0 Å². The average molecular weight is 1700 g/mol. The van der Waals surface area contributed by atoms with E-state index in [4.69, 9.17) is 38.6 Å². The van der Waals surface area contributed by atoms with Crippen LogP contribution in [-0.4, -0.2) is 30.1 Å². The molecule has 6 aliphatic rings. The molecule has 3 aliphatic carbocycles. The van der Waals surface area contributed by atoms with Gasteiger partial charge in [-0.1, -0.05) is 413 Å². The van der Waals surface area contributed by atoms with Crippen molar-refractivity contribution in [3.8, 4) is 158 Å². The number of rotatable bonds is 8. The molecule has 133 heavy (non-hydrogen) atoms. The molecule has 0 radical (unpaired) electrons. The molecule has 10 nitrogen and oxygen atoms in total. The Labute approximate surface area is 767 Å². The third kappa shape index (κ3) is 11.8. The summed E-state index contributed by atoms with van der Waals surface area (Å²) >= 11 is 0. The highest BCUT2D eigenvalue weighted by atomic mass is 16.5. The van der Waals surface area contributed by atoms with Gasteiger partial charge in [0.25, 0.3) is 5.89 Å². The number of nitrogens with zero attached hydrogens (tertiary/aromatic N) is 6. The number of ether oxygens (including phenoxy) is 3. The lowest BCUT2D eigenvalue weighted by Gasteiger charge is -2.40. The first-order valence-corrected chi connectivity index (χ1v) is 45.0. The number of para-hydroxylation sites is 8. The van der Waals surface area contributed by atoms with Crippen molar-refractivity contribution < 1.29 is 18.6 Å². The molecule has 0 bridgehead atoms. The van der Waals surface area contributed by atoms with Gasteiger partial charge in [-0.3, -0.25) is 0 Å². The van der Waals surface area contributed by atoms with Crippen molar-refractivity contribution in [1.82, 2.24) is 30.1 Å². The van der Waals surface area contributed by atoms with Crippen LogP contribution >= 0.6 is 0 Å². The molecule has 3 aliphatic heterocycles. The molecule has 622 valence electrons. The molecule has 22 aromatic rings. The largest absolute Gasteiger partial charge is 0.456 e. The highest BCUT2D eigenvalue weighted by Crippen LogP contribution is 2.67. The second-order valence-electron chi connectivity index (χ2n) is 34.4. The Morgan fingerprint density at radius 2 is 0.421 bits per heavy atom. The maximum atomic E-state index is 6.90. The third-order valence-electron chi connectivity index (χ3n) is 27.5. The van der Waals surface area contributed by atoms with Gasteiger partial charge in [-0.05, 0) is 126 Å². The second kappa shape index (κ2) is 30.8. The first-order chi connectivity index (χ1) is 66.0. The van der Waals surface area contributed by atoms with Crippen molar-refractivity contribution in [3.63, 3.8) is 0 Å². The van der Waals surface area contributed by atoms with Crippen LogP contribution in [-0.2, 0) is 16.2 Å². The van der Waals surface area contributed by atoms with E-state index in [1.54, 1.807) is 0 Å². The van der Waals surface area contributed by atoms with Gasteiger partial charge in [0.15, 0.2) is 11.6 Å². The standard InChI is InChI=1S/2C45H28N2O.C33H20N2O2/c1-2-13-31(14-3-1)44-46-40-23-10-6-17-35(40)42(47-44)30-27-25-29(26-28-30)32-18-12-22-39-43(32)48-41-24-11-9-21-38(41)45(39)36-19-7-4-15-33(36)34-16-5-8-20-37(34)45;1-2-13-30(14-3-1)42-35-17-6-10-23-40(35)46-44(47-42)31-27-25-29(26-28-31)32-18-12-22-39-43(32)48-41-24-11-9-21-38(41)45(39)36-19-7-4-15-33(36)34-16-5-8-20-37(34)45;1-2-11-21(12-3-1)31-34-35-32(37-31)24-15-10-19-28-30(24)36-29-20-9-8-18-27(29)33(28)25-16-6-4-13-22(25)23-14-5-7-17-26(23)33/h2*1-28H;1-20H. The number of fused-ring (bicyclic) bond motifs is 29. The minimum Gasteiger partial charge on any atom is -0.456 e. The van der Waals surface area contributed by atoms with Crippen molar-refractivity contribution in [2.24, 2.45) is 0 Å². The predicted molar refractivity (Wildman–Crippen MR) is 529 cm³/mol. The molecule has 19 aromatic carbocycles. The van der Waals surface area contributed by atoms with Crippen LogP contribution in [0.1, 0.15) is 66.8 Å². The zero-order valence-electron chi connectivity index (χ0n) is 71.7. The van der Waals surface area contributed by atoms with E-state index in [1.165, 1.54) is 77.9 Å². The monoisotopic (exact) mass is 1700 g/mol. The van der Waals surface area contributed by atoms with Crippen LogP contribution < -0.4 is 14.2 Å². The maximum Gasteiger partial charge on any atom is 0.251 e. The zero-order chi connectivity index (χ0) is 87.7. The van der Waals surface area contributed by atoms with E-state index in [1.807, 2.05) is 97.1 Å². The van der Waals surface area contributed by atoms with Crippen molar-refractivity contribution >= 4 is 21.8 Å². The van der Waals surface area contributed by atoms with Gasteiger partial charge < -0.3 is 18.6 Å². The molecule has 3 aromatic heterocycles. The van der Waals surface area contributed by atoms with Crippen molar-refractivity contribution in [1.29, 1.82) is 0 Å². The smallest absolute Gasteiger partial charge is 0.251 e. The predicted octanol–water partition coefficient (Wildman–Crippen LogP) is 30.1. The van der Waals surface area contributed by atoms with Crippen LogP contribution in [0.5, 0.6) is 34.5 Å². The van der Waals surface area contributed by atoms with Crippen molar-refractivity contribution in [2.75, 3.05) is 0 Å². The number of hydrogen-bond donors (Lipinski definition) is 0. The minimum atomic E-state index is -0.518. The molecule has 0 atom stereocenters. The van der Waals surface area contributed by atoms with E-state index in [2.05, 4.69) is 374 Å². The Bertz CT molecular complexity index is 8300. The highest BCUT2D eigenvalue weighted by molar-refractivity contribution is 5.98. The average Bonchev–Trinajstić information content (AvgIpc) is 1.55. The van der Waals surface area contributed by atoms with Gasteiger partial charge in [-0.15, -0.1) is 10.2 Å². The van der Waals surface area contributed by atoms with Gasteiger partial charge in [0.05, 0.1) is 44.2 Å². The molecule has 0 unspecified atom stereocenters. The summed E-state index contributed by atoms with van der Waals surface area (Å²) in [5, 5.41) is 10.9. The summed E-state index contributed by atoms with van der Waals surface area (Å²) in [4.78, 5) is 20.1. The van der Waals surface area contributed by atoms with E-state index in [0.717, 1.165) is 151 Å². The van der Waals surface area contributed by atoms with Gasteiger partial charge in [0.1, 0.15) is 34.5 Å². The van der Waals surface area contributed by atoms with Crippen LogP contribution in [0.4, 0.5) is 0 Å². The van der Waals surface area contributed by atoms with Crippen LogP contribution in [0.25, 0.3) is 146 Å². The molecule has 0 saturated heterocycles. The summed E-state index contributed by atoms with van der Waals surface area (Å²) in [6, 6.07) is 162. The van der Waals surface area contributed by atoms with Crippen LogP contribution in [0.2, 0.25) is 0 Å². The Morgan fingerprint density at radius 1 is 0.165 bits per heavy atom. The lowest BCUT2D eigenvalue weighted by molar-refractivity contribution is 0.435. The molecule has 0 saturated carbocycles. The first kappa shape index (κ1) is 76.6. The van der Waals surface area contributed by atoms with Gasteiger partial charge in [0.2, 0.25) is 5.89 Å². The molecular weight excluding hydrogens is 1630 g/mol. The quantitative estimate of drug-likeness (QED) is 0.145. The molecular formula is C123H76N6O4. The molecule has 28 rings (SSSR count). The molecule has 10 heteroatoms. The summed E-state index contributed by atoms with van der Waals surface area (Å²) in [5.74, 6) is 7.49. The fourth-order valence-corrected chi connectivity index (χ4v) is 21.9. The van der Waals surface area contributed by atoms with Crippen LogP contribution in [0.15, 0.2) is 465 Å². The van der Waals surface area contributed by atoms with E-state index in [-0.39, 0.29) is 0 Å². The van der Waals surface area contributed by atoms with Gasteiger partial charge in [0, 0.05) is 83.1 Å². The molecule has 0 fully saturated rings. The summed E-state index contributed by atoms with van der Waals surface area (Å²) in [7, 11) is 0. The van der Waals surface area contributed by atoms with E-state index in [0.29, 0.717) is 17.6 Å². The van der Waals surface area contributed by atoms with Gasteiger partial charge in [-0.2, -0.15) is 0 Å². The SMILES string of the molecule is c1ccc(-c2nc(-c3ccc(-c4cccc5c4Oc4ccccc4C54c5ccccc5-c5ccccc54)cc3)c3ccccc3n2)cc1.c1ccc(-c2nc(-c3ccc(-c4cccc5c4Oc4ccccc4C54c5ccccc5-c5ccccc54)cc3)nc3ccccc23)cc1.c1ccc(-c2nnc(-c3cccc4c3Oc3ccccc3C43c4ccccc4-c4ccccc43)o2)cc1. The van der Waals surface area contributed by atoms with E-state index in [9.17, 15) is 0 Å². The lowest BCUT2D eigenvalue weighted by Crippen LogP contribution is -2.32.